The van der Waals surface area contributed by atoms with E-state index < -0.39 is 5.97 Å². The molecular formula is C22H21N5O5. The standard InChI is InChI=1S/C22H21N5O5/c1-3-31-22(30)15-7-8-16-12-26(21(29)17(16)11-15)9-10-27(13-28)19-6-4-5-18(24-19)20-23-14(2)32-25-20/h4-8,11,13H,3,9-10,12H2,1-2H3. The number of anilines is 1. The lowest BCUT2D eigenvalue weighted by Gasteiger charge is -2.21. The van der Waals surface area contributed by atoms with Gasteiger partial charge in [0, 0.05) is 32.1 Å². The van der Waals surface area contributed by atoms with Crippen molar-refractivity contribution in [2.75, 3.05) is 24.6 Å². The van der Waals surface area contributed by atoms with Crippen molar-refractivity contribution >= 4 is 24.1 Å². The van der Waals surface area contributed by atoms with Crippen LogP contribution < -0.4 is 4.90 Å². The van der Waals surface area contributed by atoms with Gasteiger partial charge in [-0.3, -0.25) is 14.5 Å². The van der Waals surface area contributed by atoms with Crippen molar-refractivity contribution in [1.82, 2.24) is 20.0 Å². The molecule has 32 heavy (non-hydrogen) atoms. The Bertz CT molecular complexity index is 1180. The fourth-order valence-corrected chi connectivity index (χ4v) is 3.44. The second kappa shape index (κ2) is 8.96. The number of benzene rings is 1. The first-order valence-corrected chi connectivity index (χ1v) is 10.1. The highest BCUT2D eigenvalue weighted by Gasteiger charge is 2.28. The van der Waals surface area contributed by atoms with Crippen molar-refractivity contribution in [3.05, 3.63) is 59.0 Å². The fraction of sp³-hybridized carbons (Fsp3) is 0.273. The number of pyridine rings is 1. The summed E-state index contributed by atoms with van der Waals surface area (Å²) in [5.41, 5.74) is 2.12. The van der Waals surface area contributed by atoms with Gasteiger partial charge in [0.2, 0.25) is 18.1 Å². The summed E-state index contributed by atoms with van der Waals surface area (Å²) in [5.74, 6) is 0.501. The van der Waals surface area contributed by atoms with Crippen LogP contribution in [0, 0.1) is 6.92 Å². The monoisotopic (exact) mass is 435 g/mol. The van der Waals surface area contributed by atoms with E-state index in [9.17, 15) is 14.4 Å². The number of carbonyl (C=O) groups excluding carboxylic acids is 3. The number of carbonyl (C=O) groups is 3. The van der Waals surface area contributed by atoms with Crippen LogP contribution in [0.1, 0.15) is 39.1 Å². The third-order valence-electron chi connectivity index (χ3n) is 5.02. The van der Waals surface area contributed by atoms with Gasteiger partial charge in [0.05, 0.1) is 12.2 Å². The number of aryl methyl sites for hydroxylation is 1. The molecule has 3 aromatic rings. The first-order chi connectivity index (χ1) is 15.5. The Kier molecular flexibility index (Phi) is 5.93. The Hall–Kier alpha value is -4.08. The summed E-state index contributed by atoms with van der Waals surface area (Å²) in [6, 6.07) is 10.1. The second-order valence-corrected chi connectivity index (χ2v) is 7.14. The van der Waals surface area contributed by atoms with Gasteiger partial charge in [-0.15, -0.1) is 0 Å². The van der Waals surface area contributed by atoms with Gasteiger partial charge < -0.3 is 14.2 Å². The number of nitrogens with zero attached hydrogens (tertiary/aromatic N) is 5. The van der Waals surface area contributed by atoms with E-state index in [1.54, 1.807) is 55.1 Å². The molecule has 0 radical (unpaired) electrons. The highest BCUT2D eigenvalue weighted by molar-refractivity contribution is 6.01. The second-order valence-electron chi connectivity index (χ2n) is 7.14. The molecule has 1 aromatic carbocycles. The van der Waals surface area contributed by atoms with E-state index in [0.29, 0.717) is 53.9 Å². The largest absolute Gasteiger partial charge is 0.462 e. The first kappa shape index (κ1) is 21.2. The summed E-state index contributed by atoms with van der Waals surface area (Å²) in [7, 11) is 0. The minimum absolute atomic E-state index is 0.194. The maximum atomic E-state index is 12.8. The van der Waals surface area contributed by atoms with E-state index in [1.165, 1.54) is 4.90 Å². The van der Waals surface area contributed by atoms with Gasteiger partial charge in [0.1, 0.15) is 11.5 Å². The quantitative estimate of drug-likeness (QED) is 0.390. The Morgan fingerprint density at radius 3 is 2.84 bits per heavy atom. The van der Waals surface area contributed by atoms with Crippen LogP contribution in [-0.2, 0) is 16.1 Å². The molecule has 0 atom stereocenters. The molecule has 0 bridgehead atoms. The molecule has 1 aliphatic rings. The molecule has 1 aliphatic heterocycles. The van der Waals surface area contributed by atoms with Crippen LogP contribution in [0.5, 0.6) is 0 Å². The topological polar surface area (TPSA) is 119 Å². The number of aromatic nitrogens is 3. The average Bonchev–Trinajstić information content (AvgIpc) is 3.37. The van der Waals surface area contributed by atoms with E-state index in [0.717, 1.165) is 5.56 Å². The zero-order valence-corrected chi connectivity index (χ0v) is 17.6. The molecule has 0 spiro atoms. The number of fused-ring (bicyclic) bond motifs is 1. The van der Waals surface area contributed by atoms with Crippen molar-refractivity contribution in [1.29, 1.82) is 0 Å². The lowest BCUT2D eigenvalue weighted by Crippen LogP contribution is -2.35. The van der Waals surface area contributed by atoms with Crippen LogP contribution in [-0.4, -0.2) is 58.0 Å². The average molecular weight is 435 g/mol. The molecule has 0 unspecified atom stereocenters. The maximum absolute atomic E-state index is 12.8. The van der Waals surface area contributed by atoms with Gasteiger partial charge in [-0.2, -0.15) is 4.98 Å². The molecule has 0 aliphatic carbocycles. The predicted molar refractivity (Wildman–Crippen MR) is 113 cm³/mol. The summed E-state index contributed by atoms with van der Waals surface area (Å²) in [4.78, 5) is 48.1. The molecule has 0 saturated carbocycles. The van der Waals surface area contributed by atoms with E-state index in [1.807, 2.05) is 0 Å². The van der Waals surface area contributed by atoms with Crippen molar-refractivity contribution in [2.45, 2.75) is 20.4 Å². The Balaban J connectivity index is 1.45. The number of ether oxygens (including phenoxy) is 1. The molecule has 164 valence electrons. The minimum atomic E-state index is -0.462. The van der Waals surface area contributed by atoms with E-state index >= 15 is 0 Å². The first-order valence-electron chi connectivity index (χ1n) is 10.1. The Morgan fingerprint density at radius 1 is 1.28 bits per heavy atom. The lowest BCUT2D eigenvalue weighted by molar-refractivity contribution is -0.107. The van der Waals surface area contributed by atoms with Gasteiger partial charge in [0.25, 0.3) is 5.91 Å². The minimum Gasteiger partial charge on any atom is -0.462 e. The Morgan fingerprint density at radius 2 is 2.12 bits per heavy atom. The summed E-state index contributed by atoms with van der Waals surface area (Å²) >= 11 is 0. The fourth-order valence-electron chi connectivity index (χ4n) is 3.44. The summed E-state index contributed by atoms with van der Waals surface area (Å²) < 4.78 is 9.99. The molecule has 0 saturated heterocycles. The lowest BCUT2D eigenvalue weighted by atomic mass is 10.1. The number of hydrogen-bond acceptors (Lipinski definition) is 8. The van der Waals surface area contributed by atoms with Gasteiger partial charge in [-0.25, -0.2) is 9.78 Å². The number of rotatable bonds is 8. The van der Waals surface area contributed by atoms with E-state index in [2.05, 4.69) is 15.1 Å². The van der Waals surface area contributed by atoms with Crippen molar-refractivity contribution in [3.63, 3.8) is 0 Å². The number of amides is 2. The highest BCUT2D eigenvalue weighted by atomic mass is 16.5. The van der Waals surface area contributed by atoms with Crippen LogP contribution in [0.3, 0.4) is 0 Å². The normalized spacial score (nSPS) is 12.6. The Labute approximate surface area is 183 Å². The van der Waals surface area contributed by atoms with Crippen LogP contribution in [0.4, 0.5) is 5.82 Å². The van der Waals surface area contributed by atoms with Crippen molar-refractivity contribution in [3.8, 4) is 11.5 Å². The molecule has 0 N–H and O–H groups in total. The van der Waals surface area contributed by atoms with Gasteiger partial charge in [-0.05, 0) is 36.8 Å². The third-order valence-corrected chi connectivity index (χ3v) is 5.02. The van der Waals surface area contributed by atoms with E-state index in [-0.39, 0.29) is 19.1 Å². The van der Waals surface area contributed by atoms with Crippen LogP contribution in [0.2, 0.25) is 0 Å². The van der Waals surface area contributed by atoms with Crippen molar-refractivity contribution < 1.29 is 23.6 Å². The van der Waals surface area contributed by atoms with Crippen LogP contribution in [0.15, 0.2) is 40.9 Å². The highest BCUT2D eigenvalue weighted by Crippen LogP contribution is 2.25. The zero-order chi connectivity index (χ0) is 22.7. The molecule has 2 amide bonds. The van der Waals surface area contributed by atoms with E-state index in [4.69, 9.17) is 9.26 Å². The SMILES string of the molecule is CCOC(=O)c1ccc2c(c1)C(=O)N(CCN(C=O)c1cccc(-c3noc(C)n3)n1)C2. The van der Waals surface area contributed by atoms with Gasteiger partial charge in [-0.1, -0.05) is 17.3 Å². The maximum Gasteiger partial charge on any atom is 0.338 e. The summed E-state index contributed by atoms with van der Waals surface area (Å²) in [5, 5.41) is 3.84. The molecule has 10 heteroatoms. The molecule has 4 rings (SSSR count). The third kappa shape index (κ3) is 4.20. The molecule has 10 nitrogen and oxygen atoms in total. The van der Waals surface area contributed by atoms with Gasteiger partial charge in [0.15, 0.2) is 0 Å². The van der Waals surface area contributed by atoms with Crippen LogP contribution >= 0.6 is 0 Å². The molecule has 3 heterocycles. The summed E-state index contributed by atoms with van der Waals surface area (Å²) in [6.45, 7) is 4.62. The number of hydrogen-bond donors (Lipinski definition) is 0. The molecular weight excluding hydrogens is 414 g/mol. The number of esters is 1. The molecule has 0 fully saturated rings. The predicted octanol–water partition coefficient (Wildman–Crippen LogP) is 2.24. The molecule has 2 aromatic heterocycles. The summed E-state index contributed by atoms with van der Waals surface area (Å²) in [6.07, 6.45) is 0.667. The zero-order valence-electron chi connectivity index (χ0n) is 17.6. The van der Waals surface area contributed by atoms with Gasteiger partial charge >= 0.3 is 5.97 Å². The van der Waals surface area contributed by atoms with Crippen molar-refractivity contribution in [2.24, 2.45) is 0 Å². The smallest absolute Gasteiger partial charge is 0.338 e. The van der Waals surface area contributed by atoms with Crippen LogP contribution in [0.25, 0.3) is 11.5 Å².